The van der Waals surface area contributed by atoms with Crippen LogP contribution in [0.1, 0.15) is 6.92 Å². The van der Waals surface area contributed by atoms with E-state index in [9.17, 15) is 14.4 Å². The van der Waals surface area contributed by atoms with E-state index in [0.29, 0.717) is 0 Å². The van der Waals surface area contributed by atoms with E-state index in [-0.39, 0.29) is 13.2 Å². The molecule has 0 saturated heterocycles. The standard InChI is InChI=1S/C8H13NO5/c1-4-13-7(11)8(12)14-6(10)5-9(2)3/h4-5H2,1-3H3. The Bertz CT molecular complexity index is 236. The van der Waals surface area contributed by atoms with Crippen molar-refractivity contribution in [1.82, 2.24) is 4.90 Å². The van der Waals surface area contributed by atoms with Crippen LogP contribution in [0, 0.1) is 0 Å². The van der Waals surface area contributed by atoms with Gasteiger partial charge in [0.2, 0.25) is 0 Å². The maximum Gasteiger partial charge on any atom is 0.425 e. The molecule has 0 rings (SSSR count). The minimum absolute atomic E-state index is 0.0643. The number of rotatable bonds is 3. The molecular weight excluding hydrogens is 190 g/mol. The van der Waals surface area contributed by atoms with Crippen LogP contribution in [0.25, 0.3) is 0 Å². The molecule has 0 amide bonds. The van der Waals surface area contributed by atoms with Gasteiger partial charge in [0.15, 0.2) is 0 Å². The quantitative estimate of drug-likeness (QED) is 0.339. The largest absolute Gasteiger partial charge is 0.458 e. The first-order valence-corrected chi connectivity index (χ1v) is 4.03. The summed E-state index contributed by atoms with van der Waals surface area (Å²) in [5, 5.41) is 0. The molecule has 6 heteroatoms. The highest BCUT2D eigenvalue weighted by Gasteiger charge is 2.20. The molecule has 0 unspecified atom stereocenters. The van der Waals surface area contributed by atoms with Crippen LogP contribution in [-0.2, 0) is 23.9 Å². The monoisotopic (exact) mass is 203 g/mol. The van der Waals surface area contributed by atoms with E-state index < -0.39 is 17.9 Å². The first-order valence-electron chi connectivity index (χ1n) is 4.03. The summed E-state index contributed by atoms with van der Waals surface area (Å²) in [5.74, 6) is -3.22. The summed E-state index contributed by atoms with van der Waals surface area (Å²) in [6.07, 6.45) is 0. The Labute approximate surface area is 81.8 Å². The van der Waals surface area contributed by atoms with Crippen molar-refractivity contribution >= 4 is 17.9 Å². The van der Waals surface area contributed by atoms with Crippen LogP contribution in [0.5, 0.6) is 0 Å². The molecule has 0 radical (unpaired) electrons. The van der Waals surface area contributed by atoms with Crippen LogP contribution in [0.4, 0.5) is 0 Å². The number of hydrogen-bond donors (Lipinski definition) is 0. The van der Waals surface area contributed by atoms with E-state index in [1.165, 1.54) is 4.90 Å². The van der Waals surface area contributed by atoms with Crippen molar-refractivity contribution in [2.45, 2.75) is 6.92 Å². The van der Waals surface area contributed by atoms with Gasteiger partial charge in [-0.25, -0.2) is 9.59 Å². The second kappa shape index (κ2) is 6.09. The van der Waals surface area contributed by atoms with Gasteiger partial charge in [-0.1, -0.05) is 0 Å². The molecule has 0 saturated carbocycles. The van der Waals surface area contributed by atoms with Gasteiger partial charge in [0.05, 0.1) is 13.2 Å². The van der Waals surface area contributed by atoms with Crippen LogP contribution in [-0.4, -0.2) is 50.1 Å². The summed E-state index contributed by atoms with van der Waals surface area (Å²) < 4.78 is 8.51. The lowest BCUT2D eigenvalue weighted by atomic mass is 10.6. The zero-order valence-corrected chi connectivity index (χ0v) is 8.40. The first-order chi connectivity index (χ1) is 6.47. The van der Waals surface area contributed by atoms with Crippen molar-refractivity contribution in [1.29, 1.82) is 0 Å². The second-order valence-electron chi connectivity index (χ2n) is 2.72. The van der Waals surface area contributed by atoms with E-state index in [1.807, 2.05) is 0 Å². The van der Waals surface area contributed by atoms with Gasteiger partial charge < -0.3 is 9.47 Å². The van der Waals surface area contributed by atoms with Gasteiger partial charge >= 0.3 is 17.9 Å². The highest BCUT2D eigenvalue weighted by Crippen LogP contribution is 1.87. The smallest absolute Gasteiger partial charge is 0.425 e. The zero-order chi connectivity index (χ0) is 11.1. The summed E-state index contributed by atoms with van der Waals surface area (Å²) >= 11 is 0. The highest BCUT2D eigenvalue weighted by molar-refractivity contribution is 6.31. The zero-order valence-electron chi connectivity index (χ0n) is 8.40. The lowest BCUT2D eigenvalue weighted by Crippen LogP contribution is -2.29. The third-order valence-corrected chi connectivity index (χ3v) is 1.09. The molecule has 0 atom stereocenters. The topological polar surface area (TPSA) is 72.9 Å². The van der Waals surface area contributed by atoms with Gasteiger partial charge in [0, 0.05) is 0 Å². The maximum absolute atomic E-state index is 10.9. The molecule has 0 heterocycles. The first kappa shape index (κ1) is 12.6. The van der Waals surface area contributed by atoms with Gasteiger partial charge in [-0.05, 0) is 21.0 Å². The van der Waals surface area contributed by atoms with Gasteiger partial charge in [-0.2, -0.15) is 0 Å². The molecule has 14 heavy (non-hydrogen) atoms. The maximum atomic E-state index is 10.9. The van der Waals surface area contributed by atoms with Crippen molar-refractivity contribution in [3.8, 4) is 0 Å². The Morgan fingerprint density at radius 3 is 2.14 bits per heavy atom. The average Bonchev–Trinajstić information content (AvgIpc) is 2.02. The van der Waals surface area contributed by atoms with Crippen LogP contribution in [0.3, 0.4) is 0 Å². The Balaban J connectivity index is 3.94. The molecular formula is C8H13NO5. The highest BCUT2D eigenvalue weighted by atomic mass is 16.6. The molecule has 80 valence electrons. The van der Waals surface area contributed by atoms with Crippen molar-refractivity contribution in [3.63, 3.8) is 0 Å². The molecule has 0 aliphatic rings. The molecule has 0 aromatic heterocycles. The van der Waals surface area contributed by atoms with Gasteiger partial charge in [0.1, 0.15) is 0 Å². The number of nitrogens with zero attached hydrogens (tertiary/aromatic N) is 1. The fraction of sp³-hybridized carbons (Fsp3) is 0.625. The third-order valence-electron chi connectivity index (χ3n) is 1.09. The van der Waals surface area contributed by atoms with E-state index in [4.69, 9.17) is 0 Å². The lowest BCUT2D eigenvalue weighted by molar-refractivity contribution is -0.173. The molecule has 0 N–H and O–H groups in total. The predicted molar refractivity (Wildman–Crippen MR) is 46.3 cm³/mol. The number of hydrogen-bond acceptors (Lipinski definition) is 6. The molecule has 0 aromatic rings. The van der Waals surface area contributed by atoms with E-state index >= 15 is 0 Å². The van der Waals surface area contributed by atoms with E-state index in [1.54, 1.807) is 21.0 Å². The van der Waals surface area contributed by atoms with Crippen molar-refractivity contribution < 1.29 is 23.9 Å². The molecule has 0 aliphatic heterocycles. The number of carbonyl (C=O) groups excluding carboxylic acids is 3. The average molecular weight is 203 g/mol. The fourth-order valence-electron chi connectivity index (χ4n) is 0.626. The SMILES string of the molecule is CCOC(=O)C(=O)OC(=O)CN(C)C. The van der Waals surface area contributed by atoms with Gasteiger partial charge in [0.25, 0.3) is 0 Å². The second-order valence-corrected chi connectivity index (χ2v) is 2.72. The number of carbonyl (C=O) groups is 3. The summed E-state index contributed by atoms with van der Waals surface area (Å²) in [4.78, 5) is 33.9. The Morgan fingerprint density at radius 2 is 1.71 bits per heavy atom. The van der Waals surface area contributed by atoms with Crippen LogP contribution < -0.4 is 0 Å². The third kappa shape index (κ3) is 5.26. The van der Waals surface area contributed by atoms with E-state index in [2.05, 4.69) is 9.47 Å². The Kier molecular flexibility index (Phi) is 5.47. The molecule has 0 aromatic carbocycles. The molecule has 6 nitrogen and oxygen atoms in total. The van der Waals surface area contributed by atoms with Crippen molar-refractivity contribution in [3.05, 3.63) is 0 Å². The predicted octanol–water partition coefficient (Wildman–Crippen LogP) is -0.819. The van der Waals surface area contributed by atoms with Gasteiger partial charge in [-0.3, -0.25) is 9.69 Å². The number of likely N-dealkylation sites (N-methyl/N-ethyl adjacent to an activating group) is 1. The van der Waals surface area contributed by atoms with Crippen LogP contribution in [0.15, 0.2) is 0 Å². The summed E-state index contributed by atoms with van der Waals surface area (Å²) in [6.45, 7) is 1.55. The minimum atomic E-state index is -1.28. The summed E-state index contributed by atoms with van der Waals surface area (Å²) in [7, 11) is 3.27. The number of ether oxygens (including phenoxy) is 2. The summed E-state index contributed by atoms with van der Waals surface area (Å²) in [5.41, 5.74) is 0. The van der Waals surface area contributed by atoms with E-state index in [0.717, 1.165) is 0 Å². The summed E-state index contributed by atoms with van der Waals surface area (Å²) in [6, 6.07) is 0. The lowest BCUT2D eigenvalue weighted by Gasteiger charge is -2.07. The van der Waals surface area contributed by atoms with Crippen molar-refractivity contribution in [2.75, 3.05) is 27.2 Å². The Morgan fingerprint density at radius 1 is 1.14 bits per heavy atom. The molecule has 0 spiro atoms. The molecule has 0 bridgehead atoms. The van der Waals surface area contributed by atoms with Crippen LogP contribution in [0.2, 0.25) is 0 Å². The van der Waals surface area contributed by atoms with Gasteiger partial charge in [-0.15, -0.1) is 0 Å². The fourth-order valence-corrected chi connectivity index (χ4v) is 0.626. The molecule has 0 fully saturated rings. The molecule has 0 aliphatic carbocycles. The minimum Gasteiger partial charge on any atom is -0.458 e. The Hall–Kier alpha value is -1.43. The van der Waals surface area contributed by atoms with Crippen molar-refractivity contribution in [2.24, 2.45) is 0 Å². The van der Waals surface area contributed by atoms with Crippen LogP contribution >= 0.6 is 0 Å². The normalized spacial score (nSPS) is 9.71. The number of esters is 3.